The van der Waals surface area contributed by atoms with Gasteiger partial charge in [-0.1, -0.05) is 19.8 Å². The van der Waals surface area contributed by atoms with E-state index in [2.05, 4.69) is 16.2 Å². The highest BCUT2D eigenvalue weighted by Gasteiger charge is 2.20. The van der Waals surface area contributed by atoms with Gasteiger partial charge in [0.25, 0.3) is 9.05 Å². The van der Waals surface area contributed by atoms with Crippen LogP contribution in [0.5, 0.6) is 0 Å². The molecule has 6 nitrogen and oxygen atoms in total. The number of amides is 1. The summed E-state index contributed by atoms with van der Waals surface area (Å²) in [5.41, 5.74) is 0. The van der Waals surface area contributed by atoms with Crippen LogP contribution in [-0.4, -0.2) is 30.4 Å². The molecular weight excluding hydrogens is 290 g/mol. The van der Waals surface area contributed by atoms with Crippen LogP contribution in [0, 0.1) is 12.3 Å². The molecule has 1 aromatic rings. The smallest absolute Gasteiger partial charge is 0.280 e. The minimum Gasteiger partial charge on any atom is -0.344 e. The van der Waals surface area contributed by atoms with Gasteiger partial charge < -0.3 is 9.88 Å². The molecule has 8 heteroatoms. The molecular formula is C11H14ClN3O3S. The van der Waals surface area contributed by atoms with Gasteiger partial charge in [-0.05, 0) is 0 Å². The molecule has 0 saturated heterocycles. The second-order valence-electron chi connectivity index (χ2n) is 4.14. The first-order valence-electron chi connectivity index (χ1n) is 5.47. The largest absolute Gasteiger partial charge is 0.344 e. The molecule has 104 valence electrons. The lowest BCUT2D eigenvalue weighted by molar-refractivity contribution is -0.121. The molecule has 19 heavy (non-hydrogen) atoms. The minimum absolute atomic E-state index is 0.0485. The van der Waals surface area contributed by atoms with Crippen LogP contribution in [0.25, 0.3) is 0 Å². The highest BCUT2D eigenvalue weighted by molar-refractivity contribution is 8.13. The number of terminal acetylenes is 1. The Hall–Kier alpha value is -1.52. The Morgan fingerprint density at radius 2 is 2.26 bits per heavy atom. The van der Waals surface area contributed by atoms with Crippen LogP contribution >= 0.6 is 10.7 Å². The number of carbonyl (C=O) groups is 1. The van der Waals surface area contributed by atoms with Gasteiger partial charge in [0.05, 0.1) is 6.54 Å². The zero-order valence-corrected chi connectivity index (χ0v) is 12.1. The van der Waals surface area contributed by atoms with Crippen LogP contribution in [-0.2, 0) is 20.4 Å². The number of hydrogen-bond acceptors (Lipinski definition) is 4. The maximum Gasteiger partial charge on any atom is 0.280 e. The topological polar surface area (TPSA) is 81.1 Å². The van der Waals surface area contributed by atoms with Gasteiger partial charge in [-0.15, -0.1) is 6.42 Å². The molecule has 1 N–H and O–H groups in total. The zero-order valence-electron chi connectivity index (χ0n) is 10.6. The normalized spacial score (nSPS) is 11.3. The standard InChI is InChI=1S/C11H14ClN3O3S/c1-4-5-13-9(16)6-15-7-10(19(12,17)18)14-11(15)8(2)3/h1,7-8H,5-6H2,2-3H3,(H,13,16). The van der Waals surface area contributed by atoms with Gasteiger partial charge in [0.15, 0.2) is 5.03 Å². The molecule has 1 heterocycles. The van der Waals surface area contributed by atoms with Crippen molar-refractivity contribution in [3.8, 4) is 12.3 Å². The van der Waals surface area contributed by atoms with E-state index in [9.17, 15) is 13.2 Å². The first kappa shape index (κ1) is 15.5. The van der Waals surface area contributed by atoms with E-state index in [1.807, 2.05) is 13.8 Å². The van der Waals surface area contributed by atoms with Crippen molar-refractivity contribution in [1.29, 1.82) is 0 Å². The van der Waals surface area contributed by atoms with E-state index in [1.54, 1.807) is 0 Å². The number of nitrogens with one attached hydrogen (secondary N) is 1. The molecule has 0 atom stereocenters. The van der Waals surface area contributed by atoms with Gasteiger partial charge in [0, 0.05) is 22.8 Å². The zero-order chi connectivity index (χ0) is 14.6. The summed E-state index contributed by atoms with van der Waals surface area (Å²) in [5, 5.41) is 2.23. The third kappa shape index (κ3) is 4.26. The highest BCUT2D eigenvalue weighted by Crippen LogP contribution is 2.19. The Labute approximate surface area is 116 Å². The molecule has 1 aromatic heterocycles. The molecule has 0 bridgehead atoms. The molecule has 1 amide bonds. The quantitative estimate of drug-likeness (QED) is 0.641. The van der Waals surface area contributed by atoms with Crippen molar-refractivity contribution < 1.29 is 13.2 Å². The Morgan fingerprint density at radius 3 is 2.74 bits per heavy atom. The Balaban J connectivity index is 3.03. The van der Waals surface area contributed by atoms with Crippen LogP contribution < -0.4 is 5.32 Å². The van der Waals surface area contributed by atoms with E-state index >= 15 is 0 Å². The van der Waals surface area contributed by atoms with Crippen molar-refractivity contribution in [1.82, 2.24) is 14.9 Å². The summed E-state index contributed by atoms with van der Waals surface area (Å²) in [6.07, 6.45) is 6.27. The van der Waals surface area contributed by atoms with Crippen molar-refractivity contribution >= 4 is 25.6 Å². The van der Waals surface area contributed by atoms with Gasteiger partial charge in [-0.3, -0.25) is 4.79 Å². The molecule has 0 aliphatic heterocycles. The van der Waals surface area contributed by atoms with Gasteiger partial charge >= 0.3 is 0 Å². The summed E-state index contributed by atoms with van der Waals surface area (Å²) >= 11 is 0. The number of rotatable bonds is 5. The van der Waals surface area contributed by atoms with Crippen LogP contribution in [0.3, 0.4) is 0 Å². The summed E-state index contributed by atoms with van der Waals surface area (Å²) in [7, 11) is 1.32. The first-order valence-corrected chi connectivity index (χ1v) is 7.78. The van der Waals surface area contributed by atoms with E-state index in [4.69, 9.17) is 17.1 Å². The Bertz CT molecular complexity index is 614. The molecule has 0 fully saturated rings. The average Bonchev–Trinajstić information content (AvgIpc) is 2.70. The first-order chi connectivity index (χ1) is 8.75. The molecule has 0 aliphatic carbocycles. The van der Waals surface area contributed by atoms with Gasteiger partial charge in [-0.25, -0.2) is 13.4 Å². The van der Waals surface area contributed by atoms with Crippen molar-refractivity contribution in [2.45, 2.75) is 31.3 Å². The van der Waals surface area contributed by atoms with Crippen LogP contribution in [0.1, 0.15) is 25.6 Å². The van der Waals surface area contributed by atoms with E-state index in [-0.39, 0.29) is 29.9 Å². The molecule has 0 radical (unpaired) electrons. The fraction of sp³-hybridized carbons (Fsp3) is 0.455. The number of nitrogens with zero attached hydrogens (tertiary/aromatic N) is 2. The maximum atomic E-state index is 11.6. The van der Waals surface area contributed by atoms with Gasteiger partial charge in [0.1, 0.15) is 12.4 Å². The monoisotopic (exact) mass is 303 g/mol. The number of halogens is 1. The summed E-state index contributed by atoms with van der Waals surface area (Å²) in [6.45, 7) is 3.73. The summed E-state index contributed by atoms with van der Waals surface area (Å²) in [5.74, 6) is 2.37. The molecule has 0 aliphatic rings. The summed E-state index contributed by atoms with van der Waals surface area (Å²) in [4.78, 5) is 15.5. The maximum absolute atomic E-state index is 11.6. The lowest BCUT2D eigenvalue weighted by atomic mass is 10.2. The summed E-state index contributed by atoms with van der Waals surface area (Å²) in [6, 6.07) is 0. The highest BCUT2D eigenvalue weighted by atomic mass is 35.7. The van der Waals surface area contributed by atoms with Crippen molar-refractivity contribution in [2.75, 3.05) is 6.54 Å². The second-order valence-corrected chi connectivity index (χ2v) is 6.65. The number of aromatic nitrogens is 2. The van der Waals surface area contributed by atoms with Crippen molar-refractivity contribution in [3.63, 3.8) is 0 Å². The van der Waals surface area contributed by atoms with Crippen molar-refractivity contribution in [3.05, 3.63) is 12.0 Å². The molecule has 0 saturated carbocycles. The van der Waals surface area contributed by atoms with Gasteiger partial charge in [0.2, 0.25) is 5.91 Å². The van der Waals surface area contributed by atoms with E-state index in [0.29, 0.717) is 5.82 Å². The lowest BCUT2D eigenvalue weighted by Crippen LogP contribution is -2.28. The number of hydrogen-bond donors (Lipinski definition) is 1. The molecule has 1 rings (SSSR count). The number of carbonyl (C=O) groups excluding carboxylic acids is 1. The van der Waals surface area contributed by atoms with Gasteiger partial charge in [-0.2, -0.15) is 0 Å². The second kappa shape index (κ2) is 6.08. The predicted octanol–water partition coefficient (Wildman–Crippen LogP) is 0.683. The SMILES string of the molecule is C#CCNC(=O)Cn1cc(S(=O)(=O)Cl)nc1C(C)C. The van der Waals surface area contributed by atoms with Crippen LogP contribution in [0.2, 0.25) is 0 Å². The van der Waals surface area contributed by atoms with Crippen molar-refractivity contribution in [2.24, 2.45) is 0 Å². The third-order valence-electron chi connectivity index (χ3n) is 2.25. The predicted molar refractivity (Wildman–Crippen MR) is 71.2 cm³/mol. The Kier molecular flexibility index (Phi) is 4.97. The lowest BCUT2D eigenvalue weighted by Gasteiger charge is -2.09. The third-order valence-corrected chi connectivity index (χ3v) is 3.42. The fourth-order valence-electron chi connectivity index (χ4n) is 1.47. The van der Waals surface area contributed by atoms with Crippen LogP contribution in [0.15, 0.2) is 11.2 Å². The number of imidazole rings is 1. The van der Waals surface area contributed by atoms with E-state index in [1.165, 1.54) is 10.8 Å². The minimum atomic E-state index is -3.91. The van der Waals surface area contributed by atoms with E-state index < -0.39 is 9.05 Å². The molecule has 0 aromatic carbocycles. The Morgan fingerprint density at radius 1 is 1.63 bits per heavy atom. The van der Waals surface area contributed by atoms with Crippen LogP contribution in [0.4, 0.5) is 0 Å². The average molecular weight is 304 g/mol. The van der Waals surface area contributed by atoms with E-state index in [0.717, 1.165) is 0 Å². The molecule has 0 spiro atoms. The summed E-state index contributed by atoms with van der Waals surface area (Å²) < 4.78 is 23.9. The molecule has 0 unspecified atom stereocenters. The fourth-order valence-corrected chi connectivity index (χ4v) is 2.15.